The minimum Gasteiger partial charge on any atom is -0.481 e. The van der Waals surface area contributed by atoms with Crippen LogP contribution in [0, 0.1) is 13.8 Å². The number of halogens is 1. The number of carbonyl (C=O) groups is 2. The van der Waals surface area contributed by atoms with Crippen LogP contribution in [0.15, 0.2) is 48.7 Å². The summed E-state index contributed by atoms with van der Waals surface area (Å²) < 4.78 is 7.45. The molecule has 2 amide bonds. The molecule has 0 bridgehead atoms. The number of aryl methyl sites for hydroxylation is 1. The van der Waals surface area contributed by atoms with Crippen molar-refractivity contribution in [1.29, 1.82) is 0 Å². The molecule has 0 radical (unpaired) electrons. The van der Waals surface area contributed by atoms with E-state index in [0.717, 1.165) is 11.1 Å². The highest BCUT2D eigenvalue weighted by Crippen LogP contribution is 2.21. The summed E-state index contributed by atoms with van der Waals surface area (Å²) in [5.41, 5.74) is 7.94. The molecular weight excluding hydrogens is 392 g/mol. The standard InChI is InChI=1S/C21H21ClN4O3/c1-13-7-6-8-17(14(13)2)29-15(3)21(28)25-24-19(27)11-10-16-20(22)23-18-9-4-5-12-26(16)18/h4-12,15H,1-3H3,(H,24,27)(H,25,28)/b11-10+. The van der Waals surface area contributed by atoms with Gasteiger partial charge in [-0.05, 0) is 56.2 Å². The van der Waals surface area contributed by atoms with Gasteiger partial charge in [-0.3, -0.25) is 24.8 Å². The average molecular weight is 413 g/mol. The number of hydrogen-bond donors (Lipinski definition) is 2. The number of hydrogen-bond acceptors (Lipinski definition) is 4. The maximum atomic E-state index is 12.2. The molecule has 2 N–H and O–H groups in total. The molecule has 0 spiro atoms. The number of fused-ring (bicyclic) bond motifs is 1. The van der Waals surface area contributed by atoms with Crippen LogP contribution in [0.2, 0.25) is 5.15 Å². The Morgan fingerprint density at radius 3 is 2.76 bits per heavy atom. The number of nitrogens with zero attached hydrogens (tertiary/aromatic N) is 2. The van der Waals surface area contributed by atoms with Gasteiger partial charge >= 0.3 is 0 Å². The van der Waals surface area contributed by atoms with Gasteiger partial charge in [0.2, 0.25) is 0 Å². The summed E-state index contributed by atoms with van der Waals surface area (Å²) >= 11 is 6.12. The Labute approximate surface area is 173 Å². The normalized spacial score (nSPS) is 12.1. The zero-order valence-corrected chi connectivity index (χ0v) is 17.0. The number of aromatic nitrogens is 2. The largest absolute Gasteiger partial charge is 0.481 e. The van der Waals surface area contributed by atoms with Crippen LogP contribution in [0.3, 0.4) is 0 Å². The Balaban J connectivity index is 1.57. The molecular formula is C21H21ClN4O3. The first kappa shape index (κ1) is 20.4. The smallest absolute Gasteiger partial charge is 0.279 e. The van der Waals surface area contributed by atoms with Crippen molar-refractivity contribution in [3.05, 3.63) is 70.6 Å². The molecule has 1 aromatic carbocycles. The number of amides is 2. The molecule has 0 aliphatic heterocycles. The van der Waals surface area contributed by atoms with E-state index in [1.807, 2.05) is 38.1 Å². The van der Waals surface area contributed by atoms with Gasteiger partial charge in [0.1, 0.15) is 11.4 Å². The summed E-state index contributed by atoms with van der Waals surface area (Å²) in [5.74, 6) is -0.360. The van der Waals surface area contributed by atoms with Gasteiger partial charge < -0.3 is 4.74 Å². The van der Waals surface area contributed by atoms with Crippen molar-refractivity contribution in [2.24, 2.45) is 0 Å². The molecule has 150 valence electrons. The second-order valence-corrected chi connectivity index (χ2v) is 6.84. The number of hydrazine groups is 1. The third-order valence-corrected chi connectivity index (χ3v) is 4.73. The van der Waals surface area contributed by atoms with Crippen molar-refractivity contribution in [2.45, 2.75) is 26.9 Å². The SMILES string of the molecule is Cc1cccc(OC(C)C(=O)NNC(=O)/C=C/c2c(Cl)nc3ccccn23)c1C. The van der Waals surface area contributed by atoms with Crippen LogP contribution in [0.1, 0.15) is 23.7 Å². The first-order valence-corrected chi connectivity index (χ1v) is 9.38. The van der Waals surface area contributed by atoms with E-state index >= 15 is 0 Å². The van der Waals surface area contributed by atoms with E-state index < -0.39 is 17.9 Å². The van der Waals surface area contributed by atoms with Crippen molar-refractivity contribution in [1.82, 2.24) is 20.2 Å². The molecule has 8 heteroatoms. The summed E-state index contributed by atoms with van der Waals surface area (Å²) in [7, 11) is 0. The molecule has 2 heterocycles. The number of carbonyl (C=O) groups excluding carboxylic acids is 2. The monoisotopic (exact) mass is 412 g/mol. The molecule has 29 heavy (non-hydrogen) atoms. The Morgan fingerprint density at radius 1 is 1.17 bits per heavy atom. The summed E-state index contributed by atoms with van der Waals surface area (Å²) in [6.45, 7) is 5.50. The fraction of sp³-hybridized carbons (Fsp3) is 0.190. The van der Waals surface area contributed by atoms with E-state index in [1.54, 1.807) is 29.7 Å². The predicted octanol–water partition coefficient (Wildman–Crippen LogP) is 3.23. The molecule has 3 aromatic rings. The predicted molar refractivity (Wildman–Crippen MR) is 112 cm³/mol. The number of rotatable bonds is 5. The van der Waals surface area contributed by atoms with E-state index in [2.05, 4.69) is 15.8 Å². The summed E-state index contributed by atoms with van der Waals surface area (Å²) in [4.78, 5) is 28.4. The quantitative estimate of drug-likeness (QED) is 0.497. The maximum Gasteiger partial charge on any atom is 0.279 e. The first-order chi connectivity index (χ1) is 13.9. The Hall–Kier alpha value is -3.32. The van der Waals surface area contributed by atoms with Crippen LogP contribution in [0.5, 0.6) is 5.75 Å². The highest BCUT2D eigenvalue weighted by molar-refractivity contribution is 6.31. The van der Waals surface area contributed by atoms with Gasteiger partial charge in [0.15, 0.2) is 11.3 Å². The lowest BCUT2D eigenvalue weighted by molar-refractivity contribution is -0.131. The Morgan fingerprint density at radius 2 is 1.97 bits per heavy atom. The minimum absolute atomic E-state index is 0.278. The van der Waals surface area contributed by atoms with E-state index in [4.69, 9.17) is 16.3 Å². The summed E-state index contributed by atoms with van der Waals surface area (Å²) in [6, 6.07) is 11.1. The lowest BCUT2D eigenvalue weighted by atomic mass is 10.1. The number of benzene rings is 1. The zero-order valence-electron chi connectivity index (χ0n) is 16.3. The highest BCUT2D eigenvalue weighted by Gasteiger charge is 2.16. The lowest BCUT2D eigenvalue weighted by Crippen LogP contribution is -2.46. The van der Waals surface area contributed by atoms with E-state index in [1.165, 1.54) is 12.2 Å². The van der Waals surface area contributed by atoms with E-state index in [0.29, 0.717) is 17.1 Å². The van der Waals surface area contributed by atoms with Crippen LogP contribution in [0.25, 0.3) is 11.7 Å². The van der Waals surface area contributed by atoms with Crippen molar-refractivity contribution >= 4 is 35.1 Å². The first-order valence-electron chi connectivity index (χ1n) is 9.00. The Bertz CT molecular complexity index is 1090. The molecule has 1 atom stereocenters. The fourth-order valence-electron chi connectivity index (χ4n) is 2.65. The van der Waals surface area contributed by atoms with Crippen molar-refractivity contribution in [2.75, 3.05) is 0 Å². The van der Waals surface area contributed by atoms with Crippen LogP contribution in [-0.2, 0) is 9.59 Å². The van der Waals surface area contributed by atoms with Crippen LogP contribution in [-0.4, -0.2) is 27.3 Å². The van der Waals surface area contributed by atoms with Crippen LogP contribution in [0.4, 0.5) is 0 Å². The van der Waals surface area contributed by atoms with Gasteiger partial charge in [-0.15, -0.1) is 0 Å². The van der Waals surface area contributed by atoms with Gasteiger partial charge in [0, 0.05) is 12.3 Å². The molecule has 0 saturated carbocycles. The maximum absolute atomic E-state index is 12.2. The van der Waals surface area contributed by atoms with E-state index in [9.17, 15) is 9.59 Å². The topological polar surface area (TPSA) is 84.7 Å². The molecule has 0 saturated heterocycles. The molecule has 2 aromatic heterocycles. The molecule has 0 aliphatic rings. The third-order valence-electron chi connectivity index (χ3n) is 4.45. The minimum atomic E-state index is -0.784. The average Bonchev–Trinajstić information content (AvgIpc) is 3.02. The van der Waals surface area contributed by atoms with Gasteiger partial charge in [-0.25, -0.2) is 4.98 Å². The second kappa shape index (κ2) is 8.79. The molecule has 1 unspecified atom stereocenters. The molecule has 7 nitrogen and oxygen atoms in total. The van der Waals surface area contributed by atoms with Crippen molar-refractivity contribution in [3.63, 3.8) is 0 Å². The molecule has 3 rings (SSSR count). The second-order valence-electron chi connectivity index (χ2n) is 6.49. The van der Waals surface area contributed by atoms with Gasteiger partial charge in [0.25, 0.3) is 11.8 Å². The highest BCUT2D eigenvalue weighted by atomic mass is 35.5. The van der Waals surface area contributed by atoms with Gasteiger partial charge in [-0.1, -0.05) is 29.8 Å². The number of ether oxygens (including phenoxy) is 1. The number of nitrogens with one attached hydrogen (secondary N) is 2. The van der Waals surface area contributed by atoms with Crippen molar-refractivity contribution < 1.29 is 14.3 Å². The zero-order chi connectivity index (χ0) is 21.0. The van der Waals surface area contributed by atoms with Crippen molar-refractivity contribution in [3.8, 4) is 5.75 Å². The fourth-order valence-corrected chi connectivity index (χ4v) is 2.89. The third kappa shape index (κ3) is 4.75. The summed E-state index contributed by atoms with van der Waals surface area (Å²) in [5, 5.41) is 0.278. The Kier molecular flexibility index (Phi) is 6.19. The number of pyridine rings is 1. The van der Waals surface area contributed by atoms with Gasteiger partial charge in [0.05, 0.1) is 5.69 Å². The molecule has 0 aliphatic carbocycles. The van der Waals surface area contributed by atoms with Crippen LogP contribution >= 0.6 is 11.6 Å². The number of imidazole rings is 1. The van der Waals surface area contributed by atoms with E-state index in [-0.39, 0.29) is 5.15 Å². The molecule has 0 fully saturated rings. The summed E-state index contributed by atoms with van der Waals surface area (Å²) in [6.07, 6.45) is 3.80. The van der Waals surface area contributed by atoms with Crippen LogP contribution < -0.4 is 15.6 Å². The lowest BCUT2D eigenvalue weighted by Gasteiger charge is -2.17. The van der Waals surface area contributed by atoms with Gasteiger partial charge in [-0.2, -0.15) is 0 Å².